The van der Waals surface area contributed by atoms with E-state index in [0.717, 1.165) is 30.1 Å². The van der Waals surface area contributed by atoms with Crippen LogP contribution in [0.15, 0.2) is 12.1 Å². The Labute approximate surface area is 159 Å². The third-order valence-electron chi connectivity index (χ3n) is 5.25. The van der Waals surface area contributed by atoms with Crippen molar-refractivity contribution in [2.45, 2.75) is 84.2 Å². The van der Waals surface area contributed by atoms with Crippen LogP contribution in [0.1, 0.15) is 86.2 Å². The fourth-order valence-corrected chi connectivity index (χ4v) is 6.27. The Bertz CT molecular complexity index is 646. The SMILES string of the molecule is CCCCCC1CCC(OC(=O)c2cc3cc(CCC)sc3s2)CC1. The fraction of sp³-hybridized carbons (Fsp3) is 0.667. The van der Waals surface area contributed by atoms with Crippen molar-refractivity contribution in [3.63, 3.8) is 0 Å². The van der Waals surface area contributed by atoms with Crippen molar-refractivity contribution in [2.75, 3.05) is 0 Å². The van der Waals surface area contributed by atoms with Crippen LogP contribution in [0, 0.1) is 5.92 Å². The highest BCUT2D eigenvalue weighted by atomic mass is 32.2. The fourth-order valence-electron chi connectivity index (χ4n) is 3.79. The second-order valence-corrected chi connectivity index (χ2v) is 9.81. The molecule has 0 atom stereocenters. The molecule has 25 heavy (non-hydrogen) atoms. The van der Waals surface area contributed by atoms with Gasteiger partial charge in [0.25, 0.3) is 0 Å². The minimum atomic E-state index is -0.111. The number of rotatable bonds is 8. The van der Waals surface area contributed by atoms with E-state index in [0.29, 0.717) is 0 Å². The van der Waals surface area contributed by atoms with Crippen LogP contribution in [0.4, 0.5) is 0 Å². The van der Waals surface area contributed by atoms with Gasteiger partial charge in [0.2, 0.25) is 0 Å². The Morgan fingerprint density at radius 3 is 2.56 bits per heavy atom. The summed E-state index contributed by atoms with van der Waals surface area (Å²) in [4.78, 5) is 14.7. The van der Waals surface area contributed by atoms with Crippen molar-refractivity contribution in [1.82, 2.24) is 0 Å². The van der Waals surface area contributed by atoms with E-state index in [1.807, 2.05) is 17.4 Å². The van der Waals surface area contributed by atoms with Crippen molar-refractivity contribution in [3.05, 3.63) is 21.9 Å². The molecule has 0 bridgehead atoms. The number of aryl methyl sites for hydroxylation is 1. The number of ether oxygens (including phenoxy) is 1. The highest BCUT2D eigenvalue weighted by Gasteiger charge is 2.25. The van der Waals surface area contributed by atoms with Gasteiger partial charge in [-0.15, -0.1) is 22.7 Å². The average Bonchev–Trinajstić information content (AvgIpc) is 3.15. The van der Waals surface area contributed by atoms with Crippen LogP contribution < -0.4 is 0 Å². The Morgan fingerprint density at radius 2 is 1.88 bits per heavy atom. The molecule has 3 rings (SSSR count). The summed E-state index contributed by atoms with van der Waals surface area (Å²) >= 11 is 3.43. The third-order valence-corrected chi connectivity index (χ3v) is 7.68. The van der Waals surface area contributed by atoms with Gasteiger partial charge >= 0.3 is 5.97 Å². The second-order valence-electron chi connectivity index (χ2n) is 7.36. The van der Waals surface area contributed by atoms with Crippen LogP contribution >= 0.6 is 22.7 Å². The summed E-state index contributed by atoms with van der Waals surface area (Å²) in [7, 11) is 0. The van der Waals surface area contributed by atoms with Crippen molar-refractivity contribution < 1.29 is 9.53 Å². The van der Waals surface area contributed by atoms with Crippen LogP contribution in [0.25, 0.3) is 9.40 Å². The molecule has 2 aromatic heterocycles. The minimum Gasteiger partial charge on any atom is -0.458 e. The molecule has 0 aromatic carbocycles. The summed E-state index contributed by atoms with van der Waals surface area (Å²) in [6, 6.07) is 4.26. The van der Waals surface area contributed by atoms with Gasteiger partial charge in [0, 0.05) is 10.3 Å². The molecule has 2 nitrogen and oxygen atoms in total. The lowest BCUT2D eigenvalue weighted by molar-refractivity contribution is 0.0166. The molecule has 138 valence electrons. The van der Waals surface area contributed by atoms with Crippen LogP contribution in [0.5, 0.6) is 0 Å². The van der Waals surface area contributed by atoms with Gasteiger partial charge < -0.3 is 4.74 Å². The van der Waals surface area contributed by atoms with Gasteiger partial charge in [-0.1, -0.05) is 46.0 Å². The van der Waals surface area contributed by atoms with E-state index in [-0.39, 0.29) is 12.1 Å². The molecule has 1 aliphatic carbocycles. The number of unbranched alkanes of at least 4 members (excludes halogenated alkanes) is 2. The maximum absolute atomic E-state index is 12.5. The summed E-state index contributed by atoms with van der Waals surface area (Å²) in [5.41, 5.74) is 0. The predicted octanol–water partition coefficient (Wildman–Crippen LogP) is 7.21. The molecule has 4 heteroatoms. The molecular formula is C21H30O2S2. The molecule has 0 radical (unpaired) electrons. The summed E-state index contributed by atoms with van der Waals surface area (Å²) in [6.45, 7) is 4.46. The number of esters is 1. The summed E-state index contributed by atoms with van der Waals surface area (Å²) in [5.74, 6) is 0.741. The molecule has 0 N–H and O–H groups in total. The Hall–Kier alpha value is -0.870. The summed E-state index contributed by atoms with van der Waals surface area (Å²) in [5, 5.41) is 1.21. The second kappa shape index (κ2) is 9.18. The molecule has 2 aromatic rings. The largest absolute Gasteiger partial charge is 0.458 e. The number of thiophene rings is 2. The first-order valence-electron chi connectivity index (χ1n) is 9.92. The first kappa shape index (κ1) is 18.9. The molecule has 0 saturated heterocycles. The van der Waals surface area contributed by atoms with E-state index in [1.54, 1.807) is 11.3 Å². The number of hydrogen-bond donors (Lipinski definition) is 0. The highest BCUT2D eigenvalue weighted by Crippen LogP contribution is 2.35. The smallest absolute Gasteiger partial charge is 0.348 e. The van der Waals surface area contributed by atoms with Gasteiger partial charge in [0.15, 0.2) is 0 Å². The van der Waals surface area contributed by atoms with E-state index in [1.165, 1.54) is 59.2 Å². The third kappa shape index (κ3) is 5.07. The minimum absolute atomic E-state index is 0.111. The topological polar surface area (TPSA) is 26.3 Å². The van der Waals surface area contributed by atoms with E-state index in [4.69, 9.17) is 4.74 Å². The van der Waals surface area contributed by atoms with Crippen molar-refractivity contribution in [2.24, 2.45) is 5.92 Å². The monoisotopic (exact) mass is 378 g/mol. The molecule has 1 aliphatic rings. The molecule has 1 saturated carbocycles. The Balaban J connectivity index is 1.48. The van der Waals surface area contributed by atoms with E-state index in [9.17, 15) is 4.79 Å². The first-order chi connectivity index (χ1) is 12.2. The maximum Gasteiger partial charge on any atom is 0.348 e. The van der Waals surface area contributed by atoms with Crippen molar-refractivity contribution in [3.8, 4) is 0 Å². The van der Waals surface area contributed by atoms with Gasteiger partial charge in [0.1, 0.15) is 11.0 Å². The Morgan fingerprint density at radius 1 is 1.08 bits per heavy atom. The number of carbonyl (C=O) groups is 1. The summed E-state index contributed by atoms with van der Waals surface area (Å²) in [6.07, 6.45) is 12.3. The van der Waals surface area contributed by atoms with Gasteiger partial charge in [-0.25, -0.2) is 4.79 Å². The molecule has 1 fully saturated rings. The zero-order chi connectivity index (χ0) is 17.6. The molecular weight excluding hydrogens is 348 g/mol. The lowest BCUT2D eigenvalue weighted by Crippen LogP contribution is -2.24. The molecule has 0 unspecified atom stereocenters. The standard InChI is InChI=1S/C21H30O2S2/c1-3-5-6-8-15-9-11-17(12-10-15)23-20(22)19-14-16-13-18(7-4-2)24-21(16)25-19/h13-15,17H,3-12H2,1-2H3. The highest BCUT2D eigenvalue weighted by molar-refractivity contribution is 7.39. The molecule has 2 heterocycles. The van der Waals surface area contributed by atoms with Crippen LogP contribution in [0.2, 0.25) is 0 Å². The average molecular weight is 379 g/mol. The number of fused-ring (bicyclic) bond motifs is 1. The van der Waals surface area contributed by atoms with Crippen LogP contribution in [0.3, 0.4) is 0 Å². The maximum atomic E-state index is 12.5. The van der Waals surface area contributed by atoms with E-state index < -0.39 is 0 Å². The number of hydrogen-bond acceptors (Lipinski definition) is 4. The number of carbonyl (C=O) groups excluding carboxylic acids is 1. The summed E-state index contributed by atoms with van der Waals surface area (Å²) < 4.78 is 7.06. The van der Waals surface area contributed by atoms with Gasteiger partial charge in [0.05, 0.1) is 4.01 Å². The zero-order valence-electron chi connectivity index (χ0n) is 15.5. The first-order valence-corrected chi connectivity index (χ1v) is 11.6. The van der Waals surface area contributed by atoms with E-state index >= 15 is 0 Å². The predicted molar refractivity (Wildman–Crippen MR) is 109 cm³/mol. The van der Waals surface area contributed by atoms with E-state index in [2.05, 4.69) is 19.9 Å². The van der Waals surface area contributed by atoms with Crippen molar-refractivity contribution >= 4 is 38.0 Å². The van der Waals surface area contributed by atoms with Crippen LogP contribution in [-0.2, 0) is 11.2 Å². The molecule has 0 aliphatic heterocycles. The zero-order valence-corrected chi connectivity index (χ0v) is 17.1. The van der Waals surface area contributed by atoms with Gasteiger partial charge in [-0.3, -0.25) is 0 Å². The van der Waals surface area contributed by atoms with Crippen molar-refractivity contribution in [1.29, 1.82) is 0 Å². The lowest BCUT2D eigenvalue weighted by atomic mass is 9.84. The quantitative estimate of drug-likeness (QED) is 0.358. The molecule has 0 spiro atoms. The normalized spacial score (nSPS) is 20.9. The molecule has 0 amide bonds. The lowest BCUT2D eigenvalue weighted by Gasteiger charge is -2.28. The van der Waals surface area contributed by atoms with Gasteiger partial charge in [-0.05, 0) is 50.2 Å². The Kier molecular flexibility index (Phi) is 6.94. The van der Waals surface area contributed by atoms with Gasteiger partial charge in [-0.2, -0.15) is 0 Å². The van der Waals surface area contributed by atoms with Crippen LogP contribution in [-0.4, -0.2) is 12.1 Å².